The van der Waals surface area contributed by atoms with Crippen LogP contribution in [0.1, 0.15) is 11.7 Å². The molecule has 0 aliphatic heterocycles. The van der Waals surface area contributed by atoms with Gasteiger partial charge in [-0.05, 0) is 17.7 Å². The van der Waals surface area contributed by atoms with Crippen LogP contribution < -0.4 is 15.2 Å². The van der Waals surface area contributed by atoms with Gasteiger partial charge in [-0.2, -0.15) is 0 Å². The van der Waals surface area contributed by atoms with Crippen molar-refractivity contribution in [2.24, 2.45) is 5.73 Å². The van der Waals surface area contributed by atoms with E-state index in [1.165, 1.54) is 0 Å². The van der Waals surface area contributed by atoms with Gasteiger partial charge in [0.15, 0.2) is 0 Å². The molecule has 0 amide bonds. The van der Waals surface area contributed by atoms with Gasteiger partial charge in [-0.1, -0.05) is 12.1 Å². The average Bonchev–Trinajstić information content (AvgIpc) is 2.44. The predicted octanol–water partition coefficient (Wildman–Crippen LogP) is 3.05. The zero-order valence-electron chi connectivity index (χ0n) is 11.0. The van der Waals surface area contributed by atoms with Crippen LogP contribution in [0, 0.1) is 11.6 Å². The zero-order chi connectivity index (χ0) is 14.5. The Labute approximate surface area is 115 Å². The molecule has 1 unspecified atom stereocenters. The third-order valence-electron chi connectivity index (χ3n) is 2.79. The number of benzene rings is 2. The highest BCUT2D eigenvalue weighted by atomic mass is 19.1. The topological polar surface area (TPSA) is 44.5 Å². The van der Waals surface area contributed by atoms with Crippen molar-refractivity contribution >= 4 is 0 Å². The summed E-state index contributed by atoms with van der Waals surface area (Å²) in [5, 5.41) is 0. The smallest absolute Gasteiger partial charge is 0.136 e. The fourth-order valence-electron chi connectivity index (χ4n) is 1.85. The van der Waals surface area contributed by atoms with E-state index in [1.807, 2.05) is 6.07 Å². The first kappa shape index (κ1) is 14.3. The predicted molar refractivity (Wildman–Crippen MR) is 71.8 cm³/mol. The van der Waals surface area contributed by atoms with E-state index in [4.69, 9.17) is 15.2 Å². The quantitative estimate of drug-likeness (QED) is 0.915. The van der Waals surface area contributed by atoms with Crippen molar-refractivity contribution in [2.75, 3.05) is 13.7 Å². The van der Waals surface area contributed by atoms with Gasteiger partial charge in [-0.3, -0.25) is 0 Å². The van der Waals surface area contributed by atoms with Crippen LogP contribution >= 0.6 is 0 Å². The molecule has 0 saturated carbocycles. The van der Waals surface area contributed by atoms with E-state index in [0.717, 1.165) is 23.8 Å². The number of hydrogen-bond acceptors (Lipinski definition) is 3. The third-order valence-corrected chi connectivity index (χ3v) is 2.79. The summed E-state index contributed by atoms with van der Waals surface area (Å²) >= 11 is 0. The Hall–Kier alpha value is -2.14. The molecule has 0 aliphatic rings. The molecule has 2 rings (SSSR count). The summed E-state index contributed by atoms with van der Waals surface area (Å²) in [6.45, 7) is 0.172. The largest absolute Gasteiger partial charge is 0.497 e. The van der Waals surface area contributed by atoms with Crippen molar-refractivity contribution in [3.05, 3.63) is 59.7 Å². The molecule has 2 aromatic rings. The second-order valence-corrected chi connectivity index (χ2v) is 4.22. The lowest BCUT2D eigenvalue weighted by Gasteiger charge is -2.18. The molecule has 0 radical (unpaired) electrons. The Bertz CT molecular complexity index is 570. The monoisotopic (exact) mass is 279 g/mol. The first-order valence-electron chi connectivity index (χ1n) is 6.09. The number of nitrogens with two attached hydrogens (primary N) is 1. The standard InChI is InChI=1S/C15H15F2NO2/c1-19-13-4-2-3-10(5-13)15(9-18)20-14-7-11(16)6-12(17)8-14/h2-8,15H,9,18H2,1H3. The van der Waals surface area contributed by atoms with Crippen molar-refractivity contribution in [1.29, 1.82) is 0 Å². The summed E-state index contributed by atoms with van der Waals surface area (Å²) in [4.78, 5) is 0. The second kappa shape index (κ2) is 6.34. The van der Waals surface area contributed by atoms with Crippen molar-refractivity contribution in [3.63, 3.8) is 0 Å². The SMILES string of the molecule is COc1cccc(C(CN)Oc2cc(F)cc(F)c2)c1. The Morgan fingerprint density at radius 1 is 1.05 bits per heavy atom. The molecule has 1 atom stereocenters. The maximum absolute atomic E-state index is 13.1. The van der Waals surface area contributed by atoms with Gasteiger partial charge >= 0.3 is 0 Å². The van der Waals surface area contributed by atoms with E-state index in [0.29, 0.717) is 5.75 Å². The van der Waals surface area contributed by atoms with Crippen molar-refractivity contribution in [2.45, 2.75) is 6.10 Å². The molecule has 2 N–H and O–H groups in total. The normalized spacial score (nSPS) is 12.0. The zero-order valence-corrected chi connectivity index (χ0v) is 11.0. The third kappa shape index (κ3) is 3.45. The summed E-state index contributed by atoms with van der Waals surface area (Å²) in [5.74, 6) is -0.626. The number of ether oxygens (including phenoxy) is 2. The van der Waals surface area contributed by atoms with Gasteiger partial charge in [0.05, 0.1) is 7.11 Å². The van der Waals surface area contributed by atoms with Crippen LogP contribution in [0.15, 0.2) is 42.5 Å². The number of hydrogen-bond donors (Lipinski definition) is 1. The fraction of sp³-hybridized carbons (Fsp3) is 0.200. The van der Waals surface area contributed by atoms with E-state index in [9.17, 15) is 8.78 Å². The van der Waals surface area contributed by atoms with Crippen molar-refractivity contribution in [3.8, 4) is 11.5 Å². The summed E-state index contributed by atoms with van der Waals surface area (Å²) < 4.78 is 36.9. The molecule has 2 aromatic carbocycles. The van der Waals surface area contributed by atoms with Crippen LogP contribution in [0.2, 0.25) is 0 Å². The highest BCUT2D eigenvalue weighted by molar-refractivity contribution is 5.31. The molecule has 0 heterocycles. The van der Waals surface area contributed by atoms with E-state index in [2.05, 4.69) is 0 Å². The molecule has 3 nitrogen and oxygen atoms in total. The maximum Gasteiger partial charge on any atom is 0.136 e. The Kier molecular flexibility index (Phi) is 4.53. The molecule has 0 aromatic heterocycles. The Balaban J connectivity index is 2.23. The van der Waals surface area contributed by atoms with Gasteiger partial charge in [0.25, 0.3) is 0 Å². The first-order valence-corrected chi connectivity index (χ1v) is 6.09. The summed E-state index contributed by atoms with van der Waals surface area (Å²) in [6, 6.07) is 10.2. The van der Waals surface area contributed by atoms with Crippen molar-refractivity contribution in [1.82, 2.24) is 0 Å². The number of methoxy groups -OCH3 is 1. The molecule has 0 fully saturated rings. The van der Waals surface area contributed by atoms with E-state index < -0.39 is 17.7 Å². The van der Waals surface area contributed by atoms with Gasteiger partial charge in [0.1, 0.15) is 29.2 Å². The van der Waals surface area contributed by atoms with Gasteiger partial charge in [0.2, 0.25) is 0 Å². The molecule has 0 aliphatic carbocycles. The number of rotatable bonds is 5. The molecular formula is C15H15F2NO2. The highest BCUT2D eigenvalue weighted by Crippen LogP contribution is 2.25. The molecule has 5 heteroatoms. The Morgan fingerprint density at radius 2 is 1.75 bits per heavy atom. The van der Waals surface area contributed by atoms with E-state index >= 15 is 0 Å². The molecule has 0 bridgehead atoms. The lowest BCUT2D eigenvalue weighted by molar-refractivity contribution is 0.212. The summed E-state index contributed by atoms with van der Waals surface area (Å²) in [5.41, 5.74) is 6.44. The summed E-state index contributed by atoms with van der Waals surface area (Å²) in [7, 11) is 1.55. The second-order valence-electron chi connectivity index (χ2n) is 4.22. The average molecular weight is 279 g/mol. The first-order chi connectivity index (χ1) is 9.62. The Morgan fingerprint density at radius 3 is 2.35 bits per heavy atom. The van der Waals surface area contributed by atoms with Crippen LogP contribution in [-0.2, 0) is 0 Å². The molecule has 20 heavy (non-hydrogen) atoms. The number of halogens is 2. The van der Waals surface area contributed by atoms with E-state index in [-0.39, 0.29) is 12.3 Å². The highest BCUT2D eigenvalue weighted by Gasteiger charge is 2.13. The minimum Gasteiger partial charge on any atom is -0.497 e. The summed E-state index contributed by atoms with van der Waals surface area (Å²) in [6.07, 6.45) is -0.508. The van der Waals surface area contributed by atoms with Crippen LogP contribution in [-0.4, -0.2) is 13.7 Å². The van der Waals surface area contributed by atoms with Crippen LogP contribution in [0.4, 0.5) is 8.78 Å². The molecular weight excluding hydrogens is 264 g/mol. The van der Waals surface area contributed by atoms with Gasteiger partial charge in [-0.25, -0.2) is 8.78 Å². The van der Waals surface area contributed by atoms with Crippen molar-refractivity contribution < 1.29 is 18.3 Å². The lowest BCUT2D eigenvalue weighted by Crippen LogP contribution is -2.18. The van der Waals surface area contributed by atoms with Crippen LogP contribution in [0.25, 0.3) is 0 Å². The lowest BCUT2D eigenvalue weighted by atomic mass is 10.1. The van der Waals surface area contributed by atoms with E-state index in [1.54, 1.807) is 25.3 Å². The minimum atomic E-state index is -0.693. The molecule has 0 spiro atoms. The molecule has 0 saturated heterocycles. The minimum absolute atomic E-state index is 0.0979. The molecule has 106 valence electrons. The van der Waals surface area contributed by atoms with Gasteiger partial charge in [0, 0.05) is 24.7 Å². The maximum atomic E-state index is 13.1. The van der Waals surface area contributed by atoms with Gasteiger partial charge < -0.3 is 15.2 Å². The van der Waals surface area contributed by atoms with Crippen LogP contribution in [0.5, 0.6) is 11.5 Å². The fourth-order valence-corrected chi connectivity index (χ4v) is 1.85. The van der Waals surface area contributed by atoms with Gasteiger partial charge in [-0.15, -0.1) is 0 Å². The van der Waals surface area contributed by atoms with Crippen LogP contribution in [0.3, 0.4) is 0 Å².